The van der Waals surface area contributed by atoms with Crippen LogP contribution in [0.2, 0.25) is 0 Å². The lowest BCUT2D eigenvalue weighted by Gasteiger charge is -2.17. The minimum Gasteiger partial charge on any atom is -0.497 e. The lowest BCUT2D eigenvalue weighted by atomic mass is 10.1. The van der Waals surface area contributed by atoms with Crippen LogP contribution in [0.15, 0.2) is 83.8 Å². The van der Waals surface area contributed by atoms with Crippen molar-refractivity contribution in [2.24, 2.45) is 0 Å². The van der Waals surface area contributed by atoms with Gasteiger partial charge in [-0.25, -0.2) is 13.1 Å². The van der Waals surface area contributed by atoms with Gasteiger partial charge >= 0.3 is 0 Å². The van der Waals surface area contributed by atoms with Gasteiger partial charge in [0.15, 0.2) is 0 Å². The number of amides is 1. The zero-order valence-electron chi connectivity index (χ0n) is 18.8. The Balaban J connectivity index is 1.45. The van der Waals surface area contributed by atoms with Crippen LogP contribution in [0.4, 0.5) is 0 Å². The molecule has 0 aliphatic carbocycles. The van der Waals surface area contributed by atoms with Crippen LogP contribution in [0.5, 0.6) is 5.75 Å². The number of sulfonamides is 1. The van der Waals surface area contributed by atoms with Crippen LogP contribution in [0.3, 0.4) is 0 Å². The quantitative estimate of drug-likeness (QED) is 0.453. The number of nitrogens with zero attached hydrogens (tertiary/aromatic N) is 1. The lowest BCUT2D eigenvalue weighted by Crippen LogP contribution is -2.32. The van der Waals surface area contributed by atoms with Crippen LogP contribution in [-0.4, -0.2) is 46.5 Å². The molecule has 0 fully saturated rings. The number of carbonyl (C=O) groups excluding carboxylic acids is 1. The second-order valence-electron chi connectivity index (χ2n) is 7.68. The zero-order chi connectivity index (χ0) is 23.7. The van der Waals surface area contributed by atoms with E-state index in [2.05, 4.69) is 27.1 Å². The molecule has 0 saturated heterocycles. The van der Waals surface area contributed by atoms with Crippen molar-refractivity contribution in [3.63, 3.8) is 0 Å². The van der Waals surface area contributed by atoms with E-state index in [1.807, 2.05) is 25.2 Å². The largest absolute Gasteiger partial charge is 0.497 e. The predicted octanol–water partition coefficient (Wildman–Crippen LogP) is 3.04. The van der Waals surface area contributed by atoms with E-state index < -0.39 is 10.0 Å². The molecule has 0 atom stereocenters. The molecule has 0 heterocycles. The first-order chi connectivity index (χ1) is 15.9. The molecule has 1 amide bonds. The average Bonchev–Trinajstić information content (AvgIpc) is 2.83. The van der Waals surface area contributed by atoms with Gasteiger partial charge in [-0.15, -0.1) is 0 Å². The molecule has 7 nitrogen and oxygen atoms in total. The molecular weight excluding hydrogens is 438 g/mol. The van der Waals surface area contributed by atoms with Gasteiger partial charge in [-0.2, -0.15) is 0 Å². The maximum atomic E-state index is 12.4. The van der Waals surface area contributed by atoms with E-state index in [0.29, 0.717) is 17.9 Å². The van der Waals surface area contributed by atoms with E-state index in [1.165, 1.54) is 24.8 Å². The Bertz CT molecular complexity index is 1130. The summed E-state index contributed by atoms with van der Waals surface area (Å²) >= 11 is 0. The molecule has 8 heteroatoms. The Kier molecular flexibility index (Phi) is 8.59. The standard InChI is InChI=1S/C25H29N3O4S/c1-28(19-21-6-4-3-5-7-21)17-16-26-25(29)22-10-8-20(9-11-22)18-27-33(30,31)24-14-12-23(32-2)13-15-24/h3-15,27H,16-19H2,1-2H3,(H,26,29). The summed E-state index contributed by atoms with van der Waals surface area (Å²) in [5.74, 6) is 0.430. The van der Waals surface area contributed by atoms with E-state index in [0.717, 1.165) is 18.7 Å². The van der Waals surface area contributed by atoms with Gasteiger partial charge in [-0.05, 0) is 54.6 Å². The first kappa shape index (κ1) is 24.4. The first-order valence-corrected chi connectivity index (χ1v) is 12.1. The smallest absolute Gasteiger partial charge is 0.251 e. The highest BCUT2D eigenvalue weighted by atomic mass is 32.2. The average molecular weight is 468 g/mol. The maximum Gasteiger partial charge on any atom is 0.251 e. The Labute approximate surface area is 195 Å². The molecule has 3 aromatic carbocycles. The van der Waals surface area contributed by atoms with Gasteiger partial charge in [-0.3, -0.25) is 4.79 Å². The molecular formula is C25H29N3O4S. The molecule has 0 radical (unpaired) electrons. The van der Waals surface area contributed by atoms with Gasteiger partial charge in [0.05, 0.1) is 12.0 Å². The number of rotatable bonds is 11. The second kappa shape index (κ2) is 11.6. The summed E-state index contributed by atoms with van der Waals surface area (Å²) in [4.78, 5) is 14.7. The van der Waals surface area contributed by atoms with Crippen molar-refractivity contribution < 1.29 is 17.9 Å². The van der Waals surface area contributed by atoms with Crippen LogP contribution in [0.25, 0.3) is 0 Å². The van der Waals surface area contributed by atoms with Gasteiger partial charge in [0.2, 0.25) is 10.0 Å². The lowest BCUT2D eigenvalue weighted by molar-refractivity contribution is 0.0949. The highest BCUT2D eigenvalue weighted by molar-refractivity contribution is 7.89. The Morgan fingerprint density at radius 1 is 0.909 bits per heavy atom. The fourth-order valence-corrected chi connectivity index (χ4v) is 4.24. The van der Waals surface area contributed by atoms with Crippen LogP contribution in [0.1, 0.15) is 21.5 Å². The van der Waals surface area contributed by atoms with Gasteiger partial charge in [0, 0.05) is 31.7 Å². The molecule has 0 saturated carbocycles. The van der Waals surface area contributed by atoms with Crippen molar-refractivity contribution >= 4 is 15.9 Å². The minimum absolute atomic E-state index is 0.126. The van der Waals surface area contributed by atoms with Crippen LogP contribution in [-0.2, 0) is 23.1 Å². The molecule has 3 aromatic rings. The van der Waals surface area contributed by atoms with Gasteiger partial charge < -0.3 is 15.0 Å². The molecule has 3 rings (SSSR count). The maximum absolute atomic E-state index is 12.4. The summed E-state index contributed by atoms with van der Waals surface area (Å²) in [6, 6.07) is 23.2. The summed E-state index contributed by atoms with van der Waals surface area (Å²) in [5.41, 5.74) is 2.51. The molecule has 0 aliphatic rings. The van der Waals surface area contributed by atoms with E-state index in [-0.39, 0.29) is 17.3 Å². The molecule has 0 aromatic heterocycles. The molecule has 0 spiro atoms. The van der Waals surface area contributed by atoms with E-state index >= 15 is 0 Å². The van der Waals surface area contributed by atoms with Crippen LogP contribution >= 0.6 is 0 Å². The second-order valence-corrected chi connectivity index (χ2v) is 9.44. The first-order valence-electron chi connectivity index (χ1n) is 10.6. The van der Waals surface area contributed by atoms with Gasteiger partial charge in [-0.1, -0.05) is 42.5 Å². The third-order valence-corrected chi connectivity index (χ3v) is 6.54. The molecule has 0 aliphatic heterocycles. The normalized spacial score (nSPS) is 11.4. The zero-order valence-corrected chi connectivity index (χ0v) is 19.6. The number of ether oxygens (including phenoxy) is 1. The summed E-state index contributed by atoms with van der Waals surface area (Å²) in [7, 11) is -0.103. The van der Waals surface area contributed by atoms with Crippen molar-refractivity contribution in [1.82, 2.24) is 14.9 Å². The number of nitrogens with one attached hydrogen (secondary N) is 2. The number of benzene rings is 3. The highest BCUT2D eigenvalue weighted by Crippen LogP contribution is 2.16. The number of carbonyl (C=O) groups is 1. The summed E-state index contributed by atoms with van der Waals surface area (Å²) in [6.45, 7) is 2.20. The summed E-state index contributed by atoms with van der Waals surface area (Å²) in [6.07, 6.45) is 0. The number of likely N-dealkylation sites (N-methyl/N-ethyl adjacent to an activating group) is 1. The molecule has 0 bridgehead atoms. The third-order valence-electron chi connectivity index (χ3n) is 5.13. The fourth-order valence-electron chi connectivity index (χ4n) is 3.23. The summed E-state index contributed by atoms with van der Waals surface area (Å²) < 4.78 is 32.5. The Hall–Kier alpha value is -3.20. The number of hydrogen-bond donors (Lipinski definition) is 2. The van der Waals surface area contributed by atoms with E-state index in [1.54, 1.807) is 36.4 Å². The Morgan fingerprint density at radius 2 is 1.58 bits per heavy atom. The van der Waals surface area contributed by atoms with Gasteiger partial charge in [0.25, 0.3) is 5.91 Å². The van der Waals surface area contributed by atoms with Crippen LogP contribution in [0, 0.1) is 0 Å². The minimum atomic E-state index is -3.64. The monoisotopic (exact) mass is 467 g/mol. The highest BCUT2D eigenvalue weighted by Gasteiger charge is 2.14. The molecule has 174 valence electrons. The number of methoxy groups -OCH3 is 1. The van der Waals surface area contributed by atoms with Crippen molar-refractivity contribution in [3.05, 3.63) is 95.6 Å². The molecule has 0 unspecified atom stereocenters. The molecule has 2 N–H and O–H groups in total. The predicted molar refractivity (Wildman–Crippen MR) is 129 cm³/mol. The summed E-state index contributed by atoms with van der Waals surface area (Å²) in [5, 5.41) is 2.92. The van der Waals surface area contributed by atoms with E-state index in [4.69, 9.17) is 4.74 Å². The SMILES string of the molecule is COc1ccc(S(=O)(=O)NCc2ccc(C(=O)NCCN(C)Cc3ccccc3)cc2)cc1. The topological polar surface area (TPSA) is 87.7 Å². The van der Waals surface area contributed by atoms with Crippen molar-refractivity contribution in [2.75, 3.05) is 27.2 Å². The Morgan fingerprint density at radius 3 is 2.21 bits per heavy atom. The third kappa shape index (κ3) is 7.42. The van der Waals surface area contributed by atoms with Crippen molar-refractivity contribution in [3.8, 4) is 5.75 Å². The van der Waals surface area contributed by atoms with E-state index in [9.17, 15) is 13.2 Å². The van der Waals surface area contributed by atoms with Crippen LogP contribution < -0.4 is 14.8 Å². The molecule has 33 heavy (non-hydrogen) atoms. The fraction of sp³-hybridized carbons (Fsp3) is 0.240. The number of hydrogen-bond acceptors (Lipinski definition) is 5. The van der Waals surface area contributed by atoms with Gasteiger partial charge in [0.1, 0.15) is 5.75 Å². The van der Waals surface area contributed by atoms with Crippen molar-refractivity contribution in [2.45, 2.75) is 18.0 Å². The van der Waals surface area contributed by atoms with Crippen molar-refractivity contribution in [1.29, 1.82) is 0 Å².